The molecule has 1 unspecified atom stereocenters. The Hall–Kier alpha value is -1.99. The lowest BCUT2D eigenvalue weighted by Gasteiger charge is -2.28. The molecule has 1 atom stereocenters. The van der Waals surface area contributed by atoms with Crippen LogP contribution in [0.3, 0.4) is 0 Å². The number of aromatic nitrogens is 1. The summed E-state index contributed by atoms with van der Waals surface area (Å²) in [6, 6.07) is 7.20. The molecule has 0 saturated carbocycles. The first-order valence-corrected chi connectivity index (χ1v) is 8.35. The normalized spacial score (nSPS) is 16.9. The average Bonchev–Trinajstić information content (AvgIpc) is 2.49. The lowest BCUT2D eigenvalue weighted by Crippen LogP contribution is -2.46. The van der Waals surface area contributed by atoms with E-state index in [9.17, 15) is 9.18 Å². The molecule has 5 nitrogen and oxygen atoms in total. The minimum absolute atomic E-state index is 0.0608. The molecule has 7 heteroatoms. The number of nitrogens with two attached hydrogens (primary N) is 1. The molecule has 24 heavy (non-hydrogen) atoms. The molecule has 1 aromatic heterocycles. The third-order valence-corrected chi connectivity index (χ3v) is 4.57. The number of hydrogen-bond donors (Lipinski definition) is 2. The molecule has 126 valence electrons. The maximum absolute atomic E-state index is 13.5. The number of pyridine rings is 1. The molecule has 0 radical (unpaired) electrons. The molecule has 0 bridgehead atoms. The van der Waals surface area contributed by atoms with Gasteiger partial charge in [0.1, 0.15) is 5.82 Å². The van der Waals surface area contributed by atoms with E-state index in [1.807, 2.05) is 31.1 Å². The Morgan fingerprint density at radius 3 is 2.83 bits per heavy atom. The van der Waals surface area contributed by atoms with Crippen molar-refractivity contribution >= 4 is 27.7 Å². The monoisotopic (exact) mass is 392 g/mol. The molecule has 1 amide bonds. The van der Waals surface area contributed by atoms with Crippen LogP contribution in [0.1, 0.15) is 15.9 Å². The Morgan fingerprint density at radius 2 is 2.12 bits per heavy atom. The van der Waals surface area contributed by atoms with Gasteiger partial charge in [0.2, 0.25) is 5.95 Å². The lowest BCUT2D eigenvalue weighted by atomic mass is 9.91. The van der Waals surface area contributed by atoms with Crippen molar-refractivity contribution in [3.05, 3.63) is 45.8 Å². The number of amides is 1. The molecular weight excluding hydrogens is 375 g/mol. The van der Waals surface area contributed by atoms with Gasteiger partial charge in [-0.15, -0.1) is 0 Å². The fourth-order valence-electron chi connectivity index (χ4n) is 2.99. The van der Waals surface area contributed by atoms with Crippen molar-refractivity contribution in [2.75, 3.05) is 26.4 Å². The minimum atomic E-state index is -0.639. The van der Waals surface area contributed by atoms with Gasteiger partial charge in [0, 0.05) is 23.7 Å². The average molecular weight is 393 g/mol. The maximum Gasteiger partial charge on any atom is 0.251 e. The highest BCUT2D eigenvalue weighted by molar-refractivity contribution is 9.10. The third-order valence-electron chi connectivity index (χ3n) is 4.01. The summed E-state index contributed by atoms with van der Waals surface area (Å²) in [6.45, 7) is 0.765. The second kappa shape index (κ2) is 6.49. The number of nitrogens with one attached hydrogen (secondary N) is 1. The quantitative estimate of drug-likeness (QED) is 0.786. The Bertz CT molecular complexity index is 809. The van der Waals surface area contributed by atoms with Crippen molar-refractivity contribution in [3.8, 4) is 11.1 Å². The zero-order valence-electron chi connectivity index (χ0n) is 13.4. The number of anilines is 1. The zero-order valence-corrected chi connectivity index (χ0v) is 15.0. The Balaban J connectivity index is 2.00. The summed E-state index contributed by atoms with van der Waals surface area (Å²) in [4.78, 5) is 18.0. The van der Waals surface area contributed by atoms with Crippen molar-refractivity contribution < 1.29 is 9.18 Å². The molecule has 0 fully saturated rings. The topological polar surface area (TPSA) is 71.2 Å². The Morgan fingerprint density at radius 1 is 1.38 bits per heavy atom. The summed E-state index contributed by atoms with van der Waals surface area (Å²) in [5.74, 6) is -0.582. The van der Waals surface area contributed by atoms with Gasteiger partial charge in [0.25, 0.3) is 5.91 Å². The van der Waals surface area contributed by atoms with Gasteiger partial charge in [0.05, 0.1) is 4.47 Å². The van der Waals surface area contributed by atoms with E-state index >= 15 is 0 Å². The standard InChI is InChI=1S/C17H18BrFN4O/c1-23(2)8-11-6-10-5-9(3-4-12(10)17(24)21-11)13-7-14(18)15(19)22-16(13)20/h3-5,7,11H,6,8H2,1-2H3,(H2,20,22)(H,21,24). The number of carbonyl (C=O) groups is 1. The summed E-state index contributed by atoms with van der Waals surface area (Å²) in [6.07, 6.45) is 0.739. The van der Waals surface area contributed by atoms with Gasteiger partial charge in [-0.3, -0.25) is 4.79 Å². The Kier molecular flexibility index (Phi) is 4.56. The third kappa shape index (κ3) is 3.27. The Labute approximate surface area is 148 Å². The number of carbonyl (C=O) groups excluding carboxylic acids is 1. The lowest BCUT2D eigenvalue weighted by molar-refractivity contribution is 0.0917. The number of halogens is 2. The maximum atomic E-state index is 13.5. The number of likely N-dealkylation sites (N-methyl/N-ethyl adjacent to an activating group) is 1. The molecule has 3 N–H and O–H groups in total. The van der Waals surface area contributed by atoms with E-state index in [0.29, 0.717) is 11.1 Å². The summed E-state index contributed by atoms with van der Waals surface area (Å²) >= 11 is 3.14. The molecule has 1 aliphatic heterocycles. The van der Waals surface area contributed by atoms with E-state index in [0.717, 1.165) is 24.1 Å². The first-order chi connectivity index (χ1) is 11.3. The highest BCUT2D eigenvalue weighted by Gasteiger charge is 2.25. The summed E-state index contributed by atoms with van der Waals surface area (Å²) in [5, 5.41) is 3.02. The molecule has 1 aromatic carbocycles. The number of fused-ring (bicyclic) bond motifs is 1. The number of nitrogen functional groups attached to an aromatic ring is 1. The second-order valence-corrected chi connectivity index (χ2v) is 7.06. The van der Waals surface area contributed by atoms with Crippen molar-refractivity contribution in [3.63, 3.8) is 0 Å². The van der Waals surface area contributed by atoms with Crippen LogP contribution in [0.15, 0.2) is 28.7 Å². The molecule has 0 spiro atoms. The number of hydrogen-bond acceptors (Lipinski definition) is 4. The molecular formula is C17H18BrFN4O. The van der Waals surface area contributed by atoms with Gasteiger partial charge < -0.3 is 16.0 Å². The SMILES string of the molecule is CN(C)CC1Cc2cc(-c3cc(Br)c(F)nc3N)ccc2C(=O)N1. The predicted molar refractivity (Wildman–Crippen MR) is 95.3 cm³/mol. The highest BCUT2D eigenvalue weighted by Crippen LogP contribution is 2.31. The van der Waals surface area contributed by atoms with Crippen LogP contribution in [-0.4, -0.2) is 42.5 Å². The first kappa shape index (κ1) is 16.9. The molecule has 0 saturated heterocycles. The highest BCUT2D eigenvalue weighted by atomic mass is 79.9. The van der Waals surface area contributed by atoms with Gasteiger partial charge in [0.15, 0.2) is 0 Å². The van der Waals surface area contributed by atoms with Crippen LogP contribution in [-0.2, 0) is 6.42 Å². The largest absolute Gasteiger partial charge is 0.383 e. The van der Waals surface area contributed by atoms with Crippen molar-refractivity contribution in [1.29, 1.82) is 0 Å². The fourth-order valence-corrected chi connectivity index (χ4v) is 3.31. The van der Waals surface area contributed by atoms with Crippen LogP contribution in [0, 0.1) is 5.95 Å². The molecule has 2 aromatic rings. The van der Waals surface area contributed by atoms with Crippen LogP contribution in [0.5, 0.6) is 0 Å². The van der Waals surface area contributed by atoms with E-state index < -0.39 is 5.95 Å². The van der Waals surface area contributed by atoms with E-state index in [4.69, 9.17) is 5.73 Å². The molecule has 2 heterocycles. The van der Waals surface area contributed by atoms with Crippen LogP contribution in [0.25, 0.3) is 11.1 Å². The summed E-state index contributed by atoms with van der Waals surface area (Å²) < 4.78 is 13.7. The number of nitrogens with zero attached hydrogens (tertiary/aromatic N) is 2. The van der Waals surface area contributed by atoms with E-state index in [1.165, 1.54) is 0 Å². The summed E-state index contributed by atoms with van der Waals surface area (Å²) in [5.41, 5.74) is 8.95. The smallest absolute Gasteiger partial charge is 0.251 e. The van der Waals surface area contributed by atoms with Gasteiger partial charge in [-0.1, -0.05) is 12.1 Å². The van der Waals surface area contributed by atoms with E-state index in [1.54, 1.807) is 12.1 Å². The van der Waals surface area contributed by atoms with Crippen LogP contribution in [0.4, 0.5) is 10.2 Å². The second-order valence-electron chi connectivity index (χ2n) is 6.20. The van der Waals surface area contributed by atoms with Gasteiger partial charge in [-0.25, -0.2) is 4.98 Å². The van der Waals surface area contributed by atoms with Crippen LogP contribution < -0.4 is 11.1 Å². The van der Waals surface area contributed by atoms with Crippen LogP contribution in [0.2, 0.25) is 0 Å². The first-order valence-electron chi connectivity index (χ1n) is 7.55. The van der Waals surface area contributed by atoms with E-state index in [2.05, 4.69) is 26.2 Å². The fraction of sp³-hybridized carbons (Fsp3) is 0.294. The van der Waals surface area contributed by atoms with E-state index in [-0.39, 0.29) is 22.2 Å². The molecule has 3 rings (SSSR count). The van der Waals surface area contributed by atoms with Crippen LogP contribution >= 0.6 is 15.9 Å². The minimum Gasteiger partial charge on any atom is -0.383 e. The van der Waals surface area contributed by atoms with Gasteiger partial charge in [-0.05, 0) is 59.7 Å². The molecule has 0 aliphatic carbocycles. The van der Waals surface area contributed by atoms with Crippen molar-refractivity contribution in [2.45, 2.75) is 12.5 Å². The number of rotatable bonds is 3. The number of benzene rings is 1. The predicted octanol–water partition coefficient (Wildman–Crippen LogP) is 2.45. The zero-order chi connectivity index (χ0) is 17.4. The van der Waals surface area contributed by atoms with Gasteiger partial charge >= 0.3 is 0 Å². The van der Waals surface area contributed by atoms with Crippen molar-refractivity contribution in [2.24, 2.45) is 0 Å². The van der Waals surface area contributed by atoms with Crippen molar-refractivity contribution in [1.82, 2.24) is 15.2 Å². The summed E-state index contributed by atoms with van der Waals surface area (Å²) in [7, 11) is 3.95. The van der Waals surface area contributed by atoms with Gasteiger partial charge in [-0.2, -0.15) is 4.39 Å². The molecule has 1 aliphatic rings.